The van der Waals surface area contributed by atoms with Gasteiger partial charge in [-0.2, -0.15) is 0 Å². The number of aliphatic imine (C=N–C) groups is 1. The molecule has 152 valence electrons. The molecule has 30 heavy (non-hydrogen) atoms. The van der Waals surface area contributed by atoms with E-state index in [1.54, 1.807) is 38.1 Å². The minimum absolute atomic E-state index is 0.00734. The summed E-state index contributed by atoms with van der Waals surface area (Å²) in [6.07, 6.45) is 0. The largest absolute Gasteiger partial charge is 0.320 e. The first-order valence-electron chi connectivity index (χ1n) is 8.86. The second-order valence-corrected chi connectivity index (χ2v) is 8.80. The molecule has 1 aromatic heterocycles. The van der Waals surface area contributed by atoms with Crippen molar-refractivity contribution in [2.45, 2.75) is 18.7 Å². The number of hydrogen-bond acceptors (Lipinski definition) is 6. The standard InChI is InChI=1S/C20H16ClN5O3S/c1-11-9-12(2)23-20(22-11)26-30(28,29)15-6-4-14(5-7-15)24-18-16-10-13(21)3-8-17(16)25-19(18)27/h3-10H,1-2H3,(H,22,23,26)(H,24,25,27). The molecule has 0 aliphatic carbocycles. The molecule has 1 aliphatic rings. The van der Waals surface area contributed by atoms with Crippen molar-refractivity contribution in [3.63, 3.8) is 0 Å². The Kier molecular flexibility index (Phi) is 5.00. The molecule has 3 aromatic rings. The van der Waals surface area contributed by atoms with Crippen molar-refractivity contribution in [2.24, 2.45) is 4.99 Å². The monoisotopic (exact) mass is 441 g/mol. The molecule has 0 saturated carbocycles. The van der Waals surface area contributed by atoms with E-state index in [4.69, 9.17) is 11.6 Å². The Hall–Kier alpha value is -3.30. The molecule has 10 heteroatoms. The number of halogens is 1. The van der Waals surface area contributed by atoms with Crippen LogP contribution >= 0.6 is 11.6 Å². The molecule has 4 rings (SSSR count). The fourth-order valence-corrected chi connectivity index (χ4v) is 4.13. The van der Waals surface area contributed by atoms with Crippen molar-refractivity contribution in [3.05, 3.63) is 70.5 Å². The van der Waals surface area contributed by atoms with Crippen LogP contribution in [0.1, 0.15) is 17.0 Å². The van der Waals surface area contributed by atoms with E-state index in [1.807, 2.05) is 0 Å². The van der Waals surface area contributed by atoms with Gasteiger partial charge in [-0.15, -0.1) is 0 Å². The third-order valence-electron chi connectivity index (χ3n) is 4.30. The minimum atomic E-state index is -3.88. The second kappa shape index (κ2) is 7.51. The third kappa shape index (κ3) is 4.03. The van der Waals surface area contributed by atoms with Crippen LogP contribution < -0.4 is 10.0 Å². The Balaban J connectivity index is 1.61. The van der Waals surface area contributed by atoms with Crippen LogP contribution in [0.5, 0.6) is 0 Å². The smallest absolute Gasteiger partial charge is 0.275 e. The van der Waals surface area contributed by atoms with Crippen LogP contribution in [0.25, 0.3) is 0 Å². The number of nitrogens with zero attached hydrogens (tertiary/aromatic N) is 3. The van der Waals surface area contributed by atoms with Crippen LogP contribution in [-0.4, -0.2) is 30.0 Å². The number of amides is 1. The lowest BCUT2D eigenvalue weighted by atomic mass is 10.1. The predicted octanol–water partition coefficient (Wildman–Crippen LogP) is 3.62. The highest BCUT2D eigenvalue weighted by atomic mass is 35.5. The summed E-state index contributed by atoms with van der Waals surface area (Å²) in [5, 5.41) is 3.20. The van der Waals surface area contributed by atoms with Gasteiger partial charge in [0.05, 0.1) is 16.3 Å². The molecule has 8 nitrogen and oxygen atoms in total. The number of fused-ring (bicyclic) bond motifs is 1. The SMILES string of the molecule is Cc1cc(C)nc(NS(=O)(=O)c2ccc(/N=C3\C(=O)Nc4ccc(Cl)cc43)cc2)n1. The van der Waals surface area contributed by atoms with E-state index in [2.05, 4.69) is 25.0 Å². The molecule has 2 aromatic carbocycles. The maximum absolute atomic E-state index is 12.6. The Morgan fingerprint density at radius 2 is 1.67 bits per heavy atom. The number of benzene rings is 2. The van der Waals surface area contributed by atoms with Gasteiger partial charge in [-0.05, 0) is 62.4 Å². The number of nitrogens with one attached hydrogen (secondary N) is 2. The van der Waals surface area contributed by atoms with Gasteiger partial charge in [0.1, 0.15) is 5.71 Å². The Morgan fingerprint density at radius 3 is 2.33 bits per heavy atom. The minimum Gasteiger partial charge on any atom is -0.320 e. The van der Waals surface area contributed by atoms with Gasteiger partial charge in [0, 0.05) is 22.0 Å². The van der Waals surface area contributed by atoms with Gasteiger partial charge < -0.3 is 5.32 Å². The van der Waals surface area contributed by atoms with Gasteiger partial charge >= 0.3 is 0 Å². The molecule has 0 bridgehead atoms. The summed E-state index contributed by atoms with van der Waals surface area (Å²) in [6, 6.07) is 12.6. The summed E-state index contributed by atoms with van der Waals surface area (Å²) >= 11 is 6.02. The van der Waals surface area contributed by atoms with E-state index in [-0.39, 0.29) is 22.5 Å². The number of rotatable bonds is 4. The average Bonchev–Trinajstić information content (AvgIpc) is 2.96. The number of sulfonamides is 1. The summed E-state index contributed by atoms with van der Waals surface area (Å²) in [5.41, 5.74) is 3.17. The van der Waals surface area contributed by atoms with E-state index in [0.717, 1.165) is 0 Å². The lowest BCUT2D eigenvalue weighted by molar-refractivity contribution is -0.110. The number of anilines is 2. The van der Waals surface area contributed by atoms with Crippen molar-refractivity contribution >= 4 is 50.6 Å². The van der Waals surface area contributed by atoms with E-state index in [0.29, 0.717) is 33.3 Å². The van der Waals surface area contributed by atoms with Crippen LogP contribution in [0.15, 0.2) is 58.4 Å². The van der Waals surface area contributed by atoms with Crippen LogP contribution in [0.4, 0.5) is 17.3 Å². The fourth-order valence-electron chi connectivity index (χ4n) is 3.02. The van der Waals surface area contributed by atoms with Gasteiger partial charge in [-0.1, -0.05) is 11.6 Å². The first kappa shape index (κ1) is 20.0. The zero-order valence-electron chi connectivity index (χ0n) is 16.0. The van der Waals surface area contributed by atoms with Crippen LogP contribution in [0, 0.1) is 13.8 Å². The molecule has 0 spiro atoms. The highest BCUT2D eigenvalue weighted by Crippen LogP contribution is 2.28. The van der Waals surface area contributed by atoms with Crippen molar-refractivity contribution < 1.29 is 13.2 Å². The number of carbonyl (C=O) groups is 1. The normalized spacial score (nSPS) is 14.5. The second-order valence-electron chi connectivity index (χ2n) is 6.68. The first-order chi connectivity index (χ1) is 14.2. The maximum Gasteiger partial charge on any atom is 0.275 e. The number of carbonyl (C=O) groups excluding carboxylic acids is 1. The average molecular weight is 442 g/mol. The highest BCUT2D eigenvalue weighted by Gasteiger charge is 2.26. The Bertz CT molecular complexity index is 1280. The molecule has 2 heterocycles. The number of aromatic nitrogens is 2. The lowest BCUT2D eigenvalue weighted by Gasteiger charge is -2.08. The molecular formula is C20H16ClN5O3S. The Labute approximate surface area is 178 Å². The lowest BCUT2D eigenvalue weighted by Crippen LogP contribution is -2.15. The van der Waals surface area contributed by atoms with Crippen molar-refractivity contribution in [1.82, 2.24) is 9.97 Å². The topological polar surface area (TPSA) is 113 Å². The molecular weight excluding hydrogens is 426 g/mol. The third-order valence-corrected chi connectivity index (χ3v) is 5.88. The molecule has 0 radical (unpaired) electrons. The zero-order chi connectivity index (χ0) is 21.5. The molecule has 1 aliphatic heterocycles. The van der Waals surface area contributed by atoms with Crippen LogP contribution in [0.2, 0.25) is 5.02 Å². The predicted molar refractivity (Wildman–Crippen MR) is 115 cm³/mol. The molecule has 0 unspecified atom stereocenters. The van der Waals surface area contributed by atoms with Gasteiger partial charge in [0.25, 0.3) is 15.9 Å². The summed E-state index contributed by atoms with van der Waals surface area (Å²) < 4.78 is 27.6. The molecule has 0 atom stereocenters. The van der Waals surface area contributed by atoms with Gasteiger partial charge in [-0.3, -0.25) is 4.79 Å². The molecule has 0 saturated heterocycles. The molecule has 0 fully saturated rings. The van der Waals surface area contributed by atoms with Crippen molar-refractivity contribution in [1.29, 1.82) is 0 Å². The van der Waals surface area contributed by atoms with Crippen LogP contribution in [-0.2, 0) is 14.8 Å². The number of hydrogen-bond donors (Lipinski definition) is 2. The maximum atomic E-state index is 12.6. The van der Waals surface area contributed by atoms with E-state index < -0.39 is 10.0 Å². The highest BCUT2D eigenvalue weighted by molar-refractivity contribution is 7.92. The van der Waals surface area contributed by atoms with Crippen molar-refractivity contribution in [3.8, 4) is 0 Å². The number of aryl methyl sites for hydroxylation is 2. The van der Waals surface area contributed by atoms with Gasteiger partial charge in [0.15, 0.2) is 0 Å². The summed E-state index contributed by atoms with van der Waals surface area (Å²) in [6.45, 7) is 3.51. The van der Waals surface area contributed by atoms with E-state index >= 15 is 0 Å². The summed E-state index contributed by atoms with van der Waals surface area (Å²) in [7, 11) is -3.88. The van der Waals surface area contributed by atoms with Crippen molar-refractivity contribution in [2.75, 3.05) is 10.0 Å². The summed E-state index contributed by atoms with van der Waals surface area (Å²) in [5.74, 6) is -0.342. The Morgan fingerprint density at radius 1 is 1.00 bits per heavy atom. The fraction of sp³-hybridized carbons (Fsp3) is 0.100. The van der Waals surface area contributed by atoms with Gasteiger partial charge in [-0.25, -0.2) is 28.1 Å². The zero-order valence-corrected chi connectivity index (χ0v) is 17.5. The van der Waals surface area contributed by atoms with Crippen LogP contribution in [0.3, 0.4) is 0 Å². The van der Waals surface area contributed by atoms with E-state index in [9.17, 15) is 13.2 Å². The summed E-state index contributed by atoms with van der Waals surface area (Å²) in [4.78, 5) is 24.8. The quantitative estimate of drug-likeness (QED) is 0.641. The van der Waals surface area contributed by atoms with Gasteiger partial charge in [0.2, 0.25) is 5.95 Å². The molecule has 1 amide bonds. The first-order valence-corrected chi connectivity index (χ1v) is 10.7. The molecule has 2 N–H and O–H groups in total. The van der Waals surface area contributed by atoms with E-state index in [1.165, 1.54) is 24.3 Å².